The van der Waals surface area contributed by atoms with Crippen LogP contribution >= 0.6 is 0 Å². The maximum absolute atomic E-state index is 12.3. The highest BCUT2D eigenvalue weighted by molar-refractivity contribution is 5.78. The van der Waals surface area contributed by atoms with Crippen LogP contribution in [0, 0.1) is 0 Å². The third-order valence-electron chi connectivity index (χ3n) is 5.28. The normalized spacial score (nSPS) is 23.2. The fraction of sp³-hybridized carbons (Fsp3) is 0.667. The van der Waals surface area contributed by atoms with E-state index in [1.165, 1.54) is 31.2 Å². The summed E-state index contributed by atoms with van der Waals surface area (Å²) in [7, 11) is 0. The van der Waals surface area contributed by atoms with Crippen LogP contribution in [0.25, 0.3) is 0 Å². The fourth-order valence-electron chi connectivity index (χ4n) is 3.86. The summed E-state index contributed by atoms with van der Waals surface area (Å²) in [6, 6.07) is 10.6. The Morgan fingerprint density at radius 3 is 2.50 bits per heavy atom. The predicted molar refractivity (Wildman–Crippen MR) is 104 cm³/mol. The van der Waals surface area contributed by atoms with Crippen LogP contribution in [-0.2, 0) is 16.1 Å². The first-order chi connectivity index (χ1) is 12.8. The van der Waals surface area contributed by atoms with E-state index in [4.69, 9.17) is 4.74 Å². The maximum atomic E-state index is 12.3. The monoisotopic (exact) mass is 359 g/mol. The van der Waals surface area contributed by atoms with Crippen molar-refractivity contribution < 1.29 is 9.53 Å². The summed E-state index contributed by atoms with van der Waals surface area (Å²) in [5.41, 5.74) is 1.33. The molecular weight excluding hydrogens is 326 g/mol. The van der Waals surface area contributed by atoms with Crippen LogP contribution in [0.2, 0.25) is 0 Å². The summed E-state index contributed by atoms with van der Waals surface area (Å²) in [5.74, 6) is 0.134. The lowest BCUT2D eigenvalue weighted by molar-refractivity contribution is -0.122. The van der Waals surface area contributed by atoms with Gasteiger partial charge in [0.25, 0.3) is 0 Å². The van der Waals surface area contributed by atoms with Crippen molar-refractivity contribution in [2.45, 2.75) is 44.8 Å². The molecule has 5 heteroatoms. The van der Waals surface area contributed by atoms with Crippen molar-refractivity contribution in [3.05, 3.63) is 35.9 Å². The highest BCUT2D eigenvalue weighted by Gasteiger charge is 2.20. The van der Waals surface area contributed by atoms with Gasteiger partial charge in [-0.25, -0.2) is 0 Å². The molecular formula is C21H33N3O2. The molecule has 2 saturated heterocycles. The average molecular weight is 360 g/mol. The van der Waals surface area contributed by atoms with Gasteiger partial charge < -0.3 is 10.1 Å². The Morgan fingerprint density at radius 1 is 1.00 bits per heavy atom. The molecule has 1 aromatic carbocycles. The SMILES string of the molecule is O=C(CN1CCCCCC1)NCC1CN(Cc2ccccc2)CCCO1. The molecule has 2 heterocycles. The van der Waals surface area contributed by atoms with Crippen molar-refractivity contribution in [1.29, 1.82) is 0 Å². The minimum Gasteiger partial charge on any atom is -0.375 e. The second-order valence-electron chi connectivity index (χ2n) is 7.56. The Balaban J connectivity index is 1.42. The van der Waals surface area contributed by atoms with Crippen molar-refractivity contribution in [3.63, 3.8) is 0 Å². The van der Waals surface area contributed by atoms with Gasteiger partial charge in [-0.05, 0) is 37.9 Å². The molecule has 0 aromatic heterocycles. The van der Waals surface area contributed by atoms with Gasteiger partial charge in [-0.2, -0.15) is 0 Å². The number of nitrogens with one attached hydrogen (secondary N) is 1. The molecule has 2 aliphatic heterocycles. The van der Waals surface area contributed by atoms with E-state index in [-0.39, 0.29) is 12.0 Å². The summed E-state index contributed by atoms with van der Waals surface area (Å²) in [6.07, 6.45) is 6.15. The van der Waals surface area contributed by atoms with Gasteiger partial charge in [0.15, 0.2) is 0 Å². The number of carbonyl (C=O) groups excluding carboxylic acids is 1. The Labute approximate surface area is 157 Å². The Kier molecular flexibility index (Phi) is 7.92. The number of likely N-dealkylation sites (tertiary alicyclic amines) is 1. The van der Waals surface area contributed by atoms with E-state index < -0.39 is 0 Å². The van der Waals surface area contributed by atoms with E-state index in [1.54, 1.807) is 0 Å². The molecule has 1 N–H and O–H groups in total. The van der Waals surface area contributed by atoms with E-state index in [2.05, 4.69) is 45.4 Å². The van der Waals surface area contributed by atoms with Gasteiger partial charge >= 0.3 is 0 Å². The van der Waals surface area contributed by atoms with Gasteiger partial charge in [-0.15, -0.1) is 0 Å². The zero-order valence-corrected chi connectivity index (χ0v) is 15.9. The second-order valence-corrected chi connectivity index (χ2v) is 7.56. The minimum absolute atomic E-state index is 0.0781. The molecule has 0 saturated carbocycles. The number of carbonyl (C=O) groups is 1. The topological polar surface area (TPSA) is 44.8 Å². The Morgan fingerprint density at radius 2 is 1.73 bits per heavy atom. The van der Waals surface area contributed by atoms with Gasteiger partial charge in [-0.1, -0.05) is 43.2 Å². The zero-order valence-electron chi connectivity index (χ0n) is 15.9. The maximum Gasteiger partial charge on any atom is 0.234 e. The molecule has 0 radical (unpaired) electrons. The molecule has 1 unspecified atom stereocenters. The average Bonchev–Trinajstić information content (AvgIpc) is 3.04. The van der Waals surface area contributed by atoms with Gasteiger partial charge in [-0.3, -0.25) is 14.6 Å². The molecule has 144 valence electrons. The van der Waals surface area contributed by atoms with Gasteiger partial charge in [0.1, 0.15) is 0 Å². The summed E-state index contributed by atoms with van der Waals surface area (Å²) >= 11 is 0. The van der Waals surface area contributed by atoms with Gasteiger partial charge in [0.05, 0.1) is 12.6 Å². The minimum atomic E-state index is 0.0781. The van der Waals surface area contributed by atoms with Gasteiger partial charge in [0.2, 0.25) is 5.91 Å². The standard InChI is InChI=1S/C21H33N3O2/c25-21(18-23-11-6-1-2-7-12-23)22-15-20-17-24(13-8-14-26-20)16-19-9-4-3-5-10-19/h3-5,9-10,20H,1-2,6-8,11-18H2,(H,22,25). The first kappa shape index (κ1) is 19.3. The first-order valence-electron chi connectivity index (χ1n) is 10.2. The third kappa shape index (κ3) is 6.71. The summed E-state index contributed by atoms with van der Waals surface area (Å²) in [4.78, 5) is 17.0. The van der Waals surface area contributed by atoms with E-state index in [1.807, 2.05) is 0 Å². The van der Waals surface area contributed by atoms with E-state index in [0.717, 1.165) is 45.8 Å². The fourth-order valence-corrected chi connectivity index (χ4v) is 3.86. The van der Waals surface area contributed by atoms with Crippen molar-refractivity contribution in [3.8, 4) is 0 Å². The number of ether oxygens (including phenoxy) is 1. The third-order valence-corrected chi connectivity index (χ3v) is 5.28. The Hall–Kier alpha value is -1.43. The molecule has 3 rings (SSSR count). The number of amides is 1. The summed E-state index contributed by atoms with van der Waals surface area (Å²) < 4.78 is 5.96. The lowest BCUT2D eigenvalue weighted by atomic mass is 10.2. The molecule has 0 bridgehead atoms. The quantitative estimate of drug-likeness (QED) is 0.846. The molecule has 1 atom stereocenters. The van der Waals surface area contributed by atoms with E-state index >= 15 is 0 Å². The summed E-state index contributed by atoms with van der Waals surface area (Å²) in [5, 5.41) is 3.10. The second kappa shape index (κ2) is 10.7. The number of hydrogen-bond donors (Lipinski definition) is 1. The zero-order chi connectivity index (χ0) is 18.0. The molecule has 0 spiro atoms. The number of hydrogen-bond acceptors (Lipinski definition) is 4. The highest BCUT2D eigenvalue weighted by Crippen LogP contribution is 2.11. The van der Waals surface area contributed by atoms with Crippen LogP contribution in [0.1, 0.15) is 37.7 Å². The number of benzene rings is 1. The van der Waals surface area contributed by atoms with E-state index in [0.29, 0.717) is 13.1 Å². The first-order valence-corrected chi connectivity index (χ1v) is 10.2. The van der Waals surface area contributed by atoms with Crippen molar-refractivity contribution >= 4 is 5.91 Å². The molecule has 2 aliphatic rings. The van der Waals surface area contributed by atoms with Crippen LogP contribution in [0.3, 0.4) is 0 Å². The van der Waals surface area contributed by atoms with E-state index in [9.17, 15) is 4.79 Å². The molecule has 0 aliphatic carbocycles. The van der Waals surface area contributed by atoms with Crippen molar-refractivity contribution in [2.75, 3.05) is 45.9 Å². The van der Waals surface area contributed by atoms with Crippen LogP contribution in [0.4, 0.5) is 0 Å². The number of nitrogens with zero attached hydrogens (tertiary/aromatic N) is 2. The lowest BCUT2D eigenvalue weighted by Gasteiger charge is -2.24. The van der Waals surface area contributed by atoms with Crippen LogP contribution in [0.5, 0.6) is 0 Å². The van der Waals surface area contributed by atoms with Crippen molar-refractivity contribution in [1.82, 2.24) is 15.1 Å². The largest absolute Gasteiger partial charge is 0.375 e. The van der Waals surface area contributed by atoms with Crippen LogP contribution < -0.4 is 5.32 Å². The van der Waals surface area contributed by atoms with Crippen LogP contribution in [-0.4, -0.2) is 67.7 Å². The number of rotatable bonds is 6. The smallest absolute Gasteiger partial charge is 0.234 e. The molecule has 5 nitrogen and oxygen atoms in total. The van der Waals surface area contributed by atoms with Crippen LogP contribution in [0.15, 0.2) is 30.3 Å². The Bertz CT molecular complexity index is 529. The molecule has 2 fully saturated rings. The van der Waals surface area contributed by atoms with Crippen molar-refractivity contribution in [2.24, 2.45) is 0 Å². The molecule has 1 amide bonds. The van der Waals surface area contributed by atoms with Gasteiger partial charge in [0, 0.05) is 32.8 Å². The highest BCUT2D eigenvalue weighted by atomic mass is 16.5. The molecule has 1 aromatic rings. The molecule has 26 heavy (non-hydrogen) atoms. The lowest BCUT2D eigenvalue weighted by Crippen LogP contribution is -2.43. The summed E-state index contributed by atoms with van der Waals surface area (Å²) in [6.45, 7) is 6.89. The predicted octanol–water partition coefficient (Wildman–Crippen LogP) is 2.27.